The number of likely N-dealkylation sites (tertiary alicyclic amines) is 1. The normalized spacial score (nSPS) is 16.5. The number of piperidine rings is 1. The van der Waals surface area contributed by atoms with Crippen molar-refractivity contribution in [2.45, 2.75) is 219 Å². The summed E-state index contributed by atoms with van der Waals surface area (Å²) in [6, 6.07) is 0. The molecule has 0 aromatic heterocycles. The molecular formula is C44H85NO3. The fourth-order valence-electron chi connectivity index (χ4n) is 6.95. The maximum absolute atomic E-state index is 10.1. The van der Waals surface area contributed by atoms with Gasteiger partial charge in [-0.25, -0.2) is 0 Å². The van der Waals surface area contributed by atoms with Crippen molar-refractivity contribution in [3.8, 4) is 0 Å². The summed E-state index contributed by atoms with van der Waals surface area (Å²) in [5, 5.41) is 10.1. The van der Waals surface area contributed by atoms with Crippen LogP contribution in [0.5, 0.6) is 0 Å². The molecule has 0 amide bonds. The zero-order valence-corrected chi connectivity index (χ0v) is 32.6. The molecule has 284 valence electrons. The van der Waals surface area contributed by atoms with E-state index in [9.17, 15) is 5.11 Å². The summed E-state index contributed by atoms with van der Waals surface area (Å²) < 4.78 is 12.5. The number of β-amino-alcohol motifs (C(OH)–C–C–N with tert-alkyl or cyclic N) is 1. The second-order valence-electron chi connectivity index (χ2n) is 15.0. The van der Waals surface area contributed by atoms with Gasteiger partial charge in [0.15, 0.2) is 0 Å². The maximum Gasteiger partial charge on any atom is 0.0934 e. The predicted octanol–water partition coefficient (Wildman–Crippen LogP) is 12.9. The molecule has 0 saturated carbocycles. The molecule has 48 heavy (non-hydrogen) atoms. The van der Waals surface area contributed by atoms with Crippen LogP contribution in [0.15, 0.2) is 24.3 Å². The van der Waals surface area contributed by atoms with Gasteiger partial charge < -0.3 is 14.6 Å². The summed E-state index contributed by atoms with van der Waals surface area (Å²) in [7, 11) is 0. The monoisotopic (exact) mass is 676 g/mol. The van der Waals surface area contributed by atoms with E-state index < -0.39 is 0 Å². The Kier molecular flexibility index (Phi) is 35.5. The van der Waals surface area contributed by atoms with Crippen molar-refractivity contribution >= 4 is 0 Å². The Balaban J connectivity index is 2.01. The predicted molar refractivity (Wildman–Crippen MR) is 211 cm³/mol. The Morgan fingerprint density at radius 3 is 1.58 bits per heavy atom. The van der Waals surface area contributed by atoms with Gasteiger partial charge in [0.2, 0.25) is 0 Å². The molecule has 0 radical (unpaired) electrons. The first-order chi connectivity index (χ1) is 23.8. The van der Waals surface area contributed by atoms with Crippen LogP contribution in [0.4, 0.5) is 0 Å². The SMILES string of the molecule is CCCCC/C=C\C/C=C\CCCCCCCCOCC(CN1CCCC(O)C1)OCCCCCCCCCCCCCCCCCC. The summed E-state index contributed by atoms with van der Waals surface area (Å²) in [6.07, 6.45) is 48.9. The molecule has 0 bridgehead atoms. The number of aliphatic hydroxyl groups excluding tert-OH is 1. The maximum atomic E-state index is 10.1. The minimum atomic E-state index is -0.182. The topological polar surface area (TPSA) is 41.9 Å². The van der Waals surface area contributed by atoms with Crippen LogP contribution >= 0.6 is 0 Å². The molecule has 4 heteroatoms. The summed E-state index contributed by atoms with van der Waals surface area (Å²) >= 11 is 0. The van der Waals surface area contributed by atoms with E-state index in [1.165, 1.54) is 161 Å². The highest BCUT2D eigenvalue weighted by atomic mass is 16.5. The van der Waals surface area contributed by atoms with Gasteiger partial charge in [-0.1, -0.05) is 173 Å². The molecule has 2 atom stereocenters. The van der Waals surface area contributed by atoms with Crippen LogP contribution in [0.2, 0.25) is 0 Å². The summed E-state index contributed by atoms with van der Waals surface area (Å²) in [4.78, 5) is 2.39. The fraction of sp³-hybridized carbons (Fsp3) is 0.909. The Hall–Kier alpha value is -0.680. The molecule has 0 aliphatic carbocycles. The Bertz CT molecular complexity index is 680. The van der Waals surface area contributed by atoms with Crippen molar-refractivity contribution in [1.29, 1.82) is 0 Å². The third-order valence-electron chi connectivity index (χ3n) is 10.1. The number of allylic oxidation sites excluding steroid dienone is 4. The molecule has 0 spiro atoms. The second kappa shape index (κ2) is 37.6. The summed E-state index contributed by atoms with van der Waals surface area (Å²) in [6.45, 7) is 9.68. The van der Waals surface area contributed by atoms with Crippen molar-refractivity contribution in [3.63, 3.8) is 0 Å². The molecule has 2 unspecified atom stereocenters. The number of nitrogens with zero attached hydrogens (tertiary/aromatic N) is 1. The smallest absolute Gasteiger partial charge is 0.0934 e. The van der Waals surface area contributed by atoms with Gasteiger partial charge in [0.05, 0.1) is 18.8 Å². The van der Waals surface area contributed by atoms with Gasteiger partial charge in [0.1, 0.15) is 0 Å². The van der Waals surface area contributed by atoms with Crippen LogP contribution in [0.3, 0.4) is 0 Å². The highest BCUT2D eigenvalue weighted by molar-refractivity contribution is 4.92. The van der Waals surface area contributed by atoms with E-state index >= 15 is 0 Å². The van der Waals surface area contributed by atoms with Gasteiger partial charge in [0.25, 0.3) is 0 Å². The summed E-state index contributed by atoms with van der Waals surface area (Å²) in [5.74, 6) is 0. The molecule has 1 N–H and O–H groups in total. The molecule has 1 aliphatic rings. The average Bonchev–Trinajstić information content (AvgIpc) is 3.09. The highest BCUT2D eigenvalue weighted by Gasteiger charge is 2.21. The first-order valence-corrected chi connectivity index (χ1v) is 21.7. The van der Waals surface area contributed by atoms with Crippen LogP contribution in [0.1, 0.15) is 206 Å². The van der Waals surface area contributed by atoms with Gasteiger partial charge in [0, 0.05) is 26.3 Å². The van der Waals surface area contributed by atoms with E-state index in [-0.39, 0.29) is 12.2 Å². The van der Waals surface area contributed by atoms with Crippen molar-refractivity contribution in [1.82, 2.24) is 4.90 Å². The van der Waals surface area contributed by atoms with Gasteiger partial charge in [-0.05, 0) is 64.3 Å². The lowest BCUT2D eigenvalue weighted by molar-refractivity contribution is -0.0444. The fourth-order valence-corrected chi connectivity index (χ4v) is 6.95. The molecule has 1 heterocycles. The van der Waals surface area contributed by atoms with Crippen LogP contribution in [-0.4, -0.2) is 61.7 Å². The van der Waals surface area contributed by atoms with Gasteiger partial charge in [-0.2, -0.15) is 0 Å². The number of hydrogen-bond donors (Lipinski definition) is 1. The Labute approximate surface area is 301 Å². The molecule has 1 saturated heterocycles. The van der Waals surface area contributed by atoms with Crippen molar-refractivity contribution in [3.05, 3.63) is 24.3 Å². The molecular weight excluding hydrogens is 590 g/mol. The minimum absolute atomic E-state index is 0.122. The van der Waals surface area contributed by atoms with Crippen LogP contribution in [0, 0.1) is 0 Å². The molecule has 1 aliphatic heterocycles. The molecule has 0 aromatic rings. The molecule has 1 fully saturated rings. The first-order valence-electron chi connectivity index (χ1n) is 21.7. The first kappa shape index (κ1) is 45.3. The lowest BCUT2D eigenvalue weighted by Gasteiger charge is -2.32. The lowest BCUT2D eigenvalue weighted by Crippen LogP contribution is -2.44. The largest absolute Gasteiger partial charge is 0.392 e. The van der Waals surface area contributed by atoms with E-state index in [1.807, 2.05) is 0 Å². The number of unbranched alkanes of at least 4 members (excludes halogenated alkanes) is 24. The Morgan fingerprint density at radius 2 is 1.04 bits per heavy atom. The standard InChI is InChI=1S/C44H85NO3/c1-3-5-7-9-11-13-15-17-19-21-23-25-27-29-31-33-38-47-42-44(41-45-37-35-36-43(46)40-45)48-39-34-32-30-28-26-24-22-20-18-16-14-12-10-8-6-4-2/h11,13,17,19,43-44,46H,3-10,12,14-16,18,20-42H2,1-2H3/b13-11-,19-17-. The second-order valence-corrected chi connectivity index (χ2v) is 15.0. The van der Waals surface area contributed by atoms with E-state index in [1.54, 1.807) is 0 Å². The van der Waals surface area contributed by atoms with Gasteiger partial charge >= 0.3 is 0 Å². The van der Waals surface area contributed by atoms with Gasteiger partial charge in [-0.3, -0.25) is 4.90 Å². The van der Waals surface area contributed by atoms with E-state index in [2.05, 4.69) is 43.1 Å². The number of aliphatic hydroxyl groups is 1. The highest BCUT2D eigenvalue weighted by Crippen LogP contribution is 2.15. The summed E-state index contributed by atoms with van der Waals surface area (Å²) in [5.41, 5.74) is 0. The van der Waals surface area contributed by atoms with Crippen LogP contribution < -0.4 is 0 Å². The third-order valence-corrected chi connectivity index (χ3v) is 10.1. The zero-order valence-electron chi connectivity index (χ0n) is 32.6. The third kappa shape index (κ3) is 32.5. The van der Waals surface area contributed by atoms with Crippen LogP contribution in [0.25, 0.3) is 0 Å². The quantitative estimate of drug-likeness (QED) is 0.0526. The molecule has 4 nitrogen and oxygen atoms in total. The number of rotatable bonds is 37. The average molecular weight is 676 g/mol. The zero-order chi connectivity index (χ0) is 34.4. The van der Waals surface area contributed by atoms with Crippen LogP contribution in [-0.2, 0) is 9.47 Å². The van der Waals surface area contributed by atoms with Gasteiger partial charge in [-0.15, -0.1) is 0 Å². The lowest BCUT2D eigenvalue weighted by atomic mass is 10.0. The van der Waals surface area contributed by atoms with E-state index in [0.717, 1.165) is 65.0 Å². The van der Waals surface area contributed by atoms with E-state index in [0.29, 0.717) is 6.61 Å². The van der Waals surface area contributed by atoms with Crippen molar-refractivity contribution in [2.24, 2.45) is 0 Å². The number of ether oxygens (including phenoxy) is 2. The molecule has 1 rings (SSSR count). The molecule has 0 aromatic carbocycles. The van der Waals surface area contributed by atoms with E-state index in [4.69, 9.17) is 9.47 Å². The Morgan fingerprint density at radius 1 is 0.583 bits per heavy atom. The number of hydrogen-bond acceptors (Lipinski definition) is 4. The van der Waals surface area contributed by atoms with Crippen molar-refractivity contribution < 1.29 is 14.6 Å². The minimum Gasteiger partial charge on any atom is -0.392 e. The van der Waals surface area contributed by atoms with Crippen molar-refractivity contribution in [2.75, 3.05) is 39.5 Å².